The molecule has 14 heavy (non-hydrogen) atoms. The SMILES string of the molecule is CCOC(=O)/C(C#N)=C(\SC)N1CC1. The fourth-order valence-corrected chi connectivity index (χ4v) is 1.80. The topological polar surface area (TPSA) is 53.1 Å². The molecule has 76 valence electrons. The lowest BCUT2D eigenvalue weighted by atomic mass is 10.3. The van der Waals surface area contributed by atoms with Crippen LogP contribution >= 0.6 is 11.8 Å². The number of carbonyl (C=O) groups is 1. The lowest BCUT2D eigenvalue weighted by Crippen LogP contribution is -2.11. The first kappa shape index (κ1) is 10.9. The minimum Gasteiger partial charge on any atom is -0.462 e. The Labute approximate surface area is 87.5 Å². The summed E-state index contributed by atoms with van der Waals surface area (Å²) in [5, 5.41) is 9.58. The van der Waals surface area contributed by atoms with E-state index in [0.717, 1.165) is 18.1 Å². The Kier molecular flexibility index (Phi) is 3.84. The lowest BCUT2D eigenvalue weighted by Gasteiger charge is -2.07. The van der Waals surface area contributed by atoms with Gasteiger partial charge in [0.1, 0.15) is 6.07 Å². The highest BCUT2D eigenvalue weighted by atomic mass is 32.2. The smallest absolute Gasteiger partial charge is 0.351 e. The van der Waals surface area contributed by atoms with Crippen molar-refractivity contribution in [3.05, 3.63) is 10.6 Å². The molecule has 0 saturated carbocycles. The van der Waals surface area contributed by atoms with Gasteiger partial charge in [-0.1, -0.05) is 0 Å². The molecule has 1 fully saturated rings. The van der Waals surface area contributed by atoms with Gasteiger partial charge in [0.05, 0.1) is 11.6 Å². The Morgan fingerprint density at radius 3 is 2.64 bits per heavy atom. The van der Waals surface area contributed by atoms with Gasteiger partial charge < -0.3 is 9.64 Å². The molecule has 0 N–H and O–H groups in total. The van der Waals surface area contributed by atoms with Crippen molar-refractivity contribution in [3.8, 4) is 6.07 Å². The summed E-state index contributed by atoms with van der Waals surface area (Å²) in [6.07, 6.45) is 1.85. The molecule has 0 aromatic heterocycles. The molecule has 1 saturated heterocycles. The Morgan fingerprint density at radius 1 is 1.64 bits per heavy atom. The molecule has 0 unspecified atom stereocenters. The van der Waals surface area contributed by atoms with Crippen molar-refractivity contribution >= 4 is 17.7 Å². The molecular formula is C9H12N2O2S. The molecular weight excluding hydrogens is 200 g/mol. The summed E-state index contributed by atoms with van der Waals surface area (Å²) in [5.41, 5.74) is 0.122. The first-order chi connectivity index (χ1) is 6.74. The predicted octanol–water partition coefficient (Wildman–Crippen LogP) is 0.963. The maximum atomic E-state index is 11.4. The fraction of sp³-hybridized carbons (Fsp3) is 0.556. The van der Waals surface area contributed by atoms with Crippen LogP contribution in [-0.2, 0) is 9.53 Å². The standard InChI is InChI=1S/C9H12N2O2S/c1-3-13-9(12)7(6-10)8(14-2)11-4-5-11/h3-5H2,1-2H3/b8-7-. The number of hydrogen-bond donors (Lipinski definition) is 0. The first-order valence-electron chi connectivity index (χ1n) is 4.35. The predicted molar refractivity (Wildman–Crippen MR) is 54.4 cm³/mol. The molecule has 1 aliphatic heterocycles. The number of ether oxygens (including phenoxy) is 1. The van der Waals surface area contributed by atoms with Gasteiger partial charge in [0.15, 0.2) is 5.57 Å². The van der Waals surface area contributed by atoms with Crippen LogP contribution in [0.25, 0.3) is 0 Å². The van der Waals surface area contributed by atoms with Gasteiger partial charge in [-0.15, -0.1) is 11.8 Å². The maximum Gasteiger partial charge on any atom is 0.351 e. The van der Waals surface area contributed by atoms with E-state index in [-0.39, 0.29) is 5.57 Å². The minimum absolute atomic E-state index is 0.122. The van der Waals surface area contributed by atoms with Crippen molar-refractivity contribution in [2.75, 3.05) is 26.0 Å². The average Bonchev–Trinajstić information content (AvgIpc) is 2.97. The highest BCUT2D eigenvalue weighted by molar-refractivity contribution is 8.02. The van der Waals surface area contributed by atoms with Gasteiger partial charge >= 0.3 is 5.97 Å². The summed E-state index contributed by atoms with van der Waals surface area (Å²) < 4.78 is 4.80. The molecule has 1 heterocycles. The zero-order chi connectivity index (χ0) is 10.6. The van der Waals surface area contributed by atoms with E-state index < -0.39 is 5.97 Å². The second-order valence-corrected chi connectivity index (χ2v) is 3.50. The van der Waals surface area contributed by atoms with E-state index in [4.69, 9.17) is 10.00 Å². The minimum atomic E-state index is -0.522. The Balaban J connectivity index is 2.86. The number of esters is 1. The van der Waals surface area contributed by atoms with E-state index >= 15 is 0 Å². The van der Waals surface area contributed by atoms with Crippen LogP contribution in [0, 0.1) is 11.3 Å². The van der Waals surface area contributed by atoms with Crippen LogP contribution in [0.5, 0.6) is 0 Å². The molecule has 0 radical (unpaired) electrons. The number of hydrogen-bond acceptors (Lipinski definition) is 5. The number of carbonyl (C=O) groups excluding carboxylic acids is 1. The van der Waals surface area contributed by atoms with Crippen LogP contribution in [0.3, 0.4) is 0 Å². The second kappa shape index (κ2) is 4.91. The monoisotopic (exact) mass is 212 g/mol. The zero-order valence-electron chi connectivity index (χ0n) is 8.24. The number of nitrogens with zero attached hydrogens (tertiary/aromatic N) is 2. The van der Waals surface area contributed by atoms with Gasteiger partial charge in [-0.2, -0.15) is 5.26 Å². The largest absolute Gasteiger partial charge is 0.462 e. The van der Waals surface area contributed by atoms with Crippen molar-refractivity contribution < 1.29 is 9.53 Å². The second-order valence-electron chi connectivity index (χ2n) is 2.70. The molecule has 0 aromatic rings. The summed E-state index contributed by atoms with van der Waals surface area (Å²) in [5.74, 6) is -0.522. The van der Waals surface area contributed by atoms with Crippen LogP contribution in [-0.4, -0.2) is 36.8 Å². The van der Waals surface area contributed by atoms with Crippen molar-refractivity contribution in [2.24, 2.45) is 0 Å². The van der Waals surface area contributed by atoms with Gasteiger partial charge in [0.25, 0.3) is 0 Å². The molecule has 0 spiro atoms. The van der Waals surface area contributed by atoms with Crippen molar-refractivity contribution in [2.45, 2.75) is 6.92 Å². The van der Waals surface area contributed by atoms with E-state index in [1.807, 2.05) is 17.2 Å². The van der Waals surface area contributed by atoms with E-state index in [1.165, 1.54) is 11.8 Å². The van der Waals surface area contributed by atoms with Gasteiger partial charge in [-0.25, -0.2) is 4.79 Å². The Bertz CT molecular complexity index is 302. The van der Waals surface area contributed by atoms with Crippen LogP contribution < -0.4 is 0 Å². The summed E-state index contributed by atoms with van der Waals surface area (Å²) in [4.78, 5) is 13.3. The van der Waals surface area contributed by atoms with E-state index in [0.29, 0.717) is 6.61 Å². The van der Waals surface area contributed by atoms with E-state index in [9.17, 15) is 4.79 Å². The van der Waals surface area contributed by atoms with Gasteiger partial charge in [0.2, 0.25) is 0 Å². The molecule has 1 aliphatic rings. The van der Waals surface area contributed by atoms with Gasteiger partial charge in [-0.05, 0) is 13.2 Å². The Hall–Kier alpha value is -1.15. The summed E-state index contributed by atoms with van der Waals surface area (Å²) in [6, 6.07) is 1.90. The third-order valence-corrected chi connectivity index (χ3v) is 2.58. The number of thioether (sulfide) groups is 1. The molecule has 0 bridgehead atoms. The van der Waals surface area contributed by atoms with E-state index in [1.54, 1.807) is 6.92 Å². The molecule has 0 aromatic carbocycles. The number of rotatable bonds is 4. The summed E-state index contributed by atoms with van der Waals surface area (Å²) in [6.45, 7) is 3.86. The average molecular weight is 212 g/mol. The van der Waals surface area contributed by atoms with Crippen molar-refractivity contribution in [1.82, 2.24) is 4.90 Å². The van der Waals surface area contributed by atoms with Gasteiger partial charge in [0, 0.05) is 13.1 Å². The normalized spacial score (nSPS) is 15.6. The summed E-state index contributed by atoms with van der Waals surface area (Å²) >= 11 is 1.41. The molecule has 5 heteroatoms. The maximum absolute atomic E-state index is 11.4. The highest BCUT2D eigenvalue weighted by Gasteiger charge is 2.27. The molecule has 0 aliphatic carbocycles. The van der Waals surface area contributed by atoms with Crippen LogP contribution in [0.2, 0.25) is 0 Å². The molecule has 0 amide bonds. The quantitative estimate of drug-likeness (QED) is 0.301. The molecule has 0 atom stereocenters. The van der Waals surface area contributed by atoms with Gasteiger partial charge in [-0.3, -0.25) is 0 Å². The van der Waals surface area contributed by atoms with E-state index in [2.05, 4.69) is 0 Å². The zero-order valence-corrected chi connectivity index (χ0v) is 9.06. The lowest BCUT2D eigenvalue weighted by molar-refractivity contribution is -0.138. The van der Waals surface area contributed by atoms with Crippen LogP contribution in [0.1, 0.15) is 6.92 Å². The Morgan fingerprint density at radius 2 is 2.29 bits per heavy atom. The molecule has 1 rings (SSSR count). The highest BCUT2D eigenvalue weighted by Crippen LogP contribution is 2.27. The van der Waals surface area contributed by atoms with Crippen molar-refractivity contribution in [3.63, 3.8) is 0 Å². The molecule has 4 nitrogen and oxygen atoms in total. The number of nitriles is 1. The third kappa shape index (κ3) is 2.42. The van der Waals surface area contributed by atoms with Crippen LogP contribution in [0.4, 0.5) is 0 Å². The van der Waals surface area contributed by atoms with Crippen molar-refractivity contribution in [1.29, 1.82) is 5.26 Å². The summed E-state index contributed by atoms with van der Waals surface area (Å²) in [7, 11) is 0. The van der Waals surface area contributed by atoms with Crippen LogP contribution in [0.15, 0.2) is 10.6 Å². The first-order valence-corrected chi connectivity index (χ1v) is 5.57. The third-order valence-electron chi connectivity index (χ3n) is 1.73. The fourth-order valence-electron chi connectivity index (χ4n) is 1.03.